The van der Waals surface area contributed by atoms with Crippen LogP contribution in [0.3, 0.4) is 0 Å². The van der Waals surface area contributed by atoms with Gasteiger partial charge in [-0.3, -0.25) is 0 Å². The summed E-state index contributed by atoms with van der Waals surface area (Å²) >= 11 is 0. The Labute approximate surface area is 96.4 Å². The van der Waals surface area contributed by atoms with Crippen molar-refractivity contribution >= 4 is 9.84 Å². The van der Waals surface area contributed by atoms with Crippen LogP contribution in [0.15, 0.2) is 29.2 Å². The highest BCUT2D eigenvalue weighted by molar-refractivity contribution is 7.91. The molecule has 0 aliphatic carbocycles. The third-order valence-electron chi connectivity index (χ3n) is 2.71. The molecule has 1 heterocycles. The molecule has 1 aromatic carbocycles. The molecule has 2 rings (SSSR count). The zero-order chi connectivity index (χ0) is 11.8. The largest absolute Gasteiger partial charge is 0.372 e. The Kier molecular flexibility index (Phi) is 3.04. The van der Waals surface area contributed by atoms with Crippen molar-refractivity contribution < 1.29 is 13.2 Å². The lowest BCUT2D eigenvalue weighted by Gasteiger charge is -2.07. The SMILES string of the molecule is CC(C)c1ccc(S(=O)(=O)CC2CO2)cc1. The molecule has 3 nitrogen and oxygen atoms in total. The average Bonchev–Trinajstić information content (AvgIpc) is 3.01. The van der Waals surface area contributed by atoms with E-state index >= 15 is 0 Å². The van der Waals surface area contributed by atoms with Gasteiger partial charge in [0, 0.05) is 0 Å². The quantitative estimate of drug-likeness (QED) is 0.756. The van der Waals surface area contributed by atoms with Crippen LogP contribution in [-0.4, -0.2) is 26.9 Å². The van der Waals surface area contributed by atoms with Crippen molar-refractivity contribution in [2.75, 3.05) is 12.4 Å². The summed E-state index contributed by atoms with van der Waals surface area (Å²) in [5.74, 6) is 0.525. The number of epoxide rings is 1. The number of rotatable bonds is 4. The first kappa shape index (κ1) is 11.6. The van der Waals surface area contributed by atoms with E-state index in [0.717, 1.165) is 5.56 Å². The highest BCUT2D eigenvalue weighted by Gasteiger charge is 2.30. The summed E-state index contributed by atoms with van der Waals surface area (Å²) in [7, 11) is -3.16. The fraction of sp³-hybridized carbons (Fsp3) is 0.500. The van der Waals surface area contributed by atoms with E-state index < -0.39 is 9.84 Å². The van der Waals surface area contributed by atoms with Crippen molar-refractivity contribution in [1.29, 1.82) is 0 Å². The van der Waals surface area contributed by atoms with Crippen LogP contribution in [-0.2, 0) is 14.6 Å². The lowest BCUT2D eigenvalue weighted by Crippen LogP contribution is -2.11. The van der Waals surface area contributed by atoms with E-state index in [4.69, 9.17) is 4.74 Å². The molecule has 1 unspecified atom stereocenters. The molecule has 1 aliphatic heterocycles. The zero-order valence-corrected chi connectivity index (χ0v) is 10.3. The molecule has 0 N–H and O–H groups in total. The van der Waals surface area contributed by atoms with E-state index in [1.807, 2.05) is 12.1 Å². The first-order valence-electron chi connectivity index (χ1n) is 5.43. The van der Waals surface area contributed by atoms with E-state index in [1.54, 1.807) is 12.1 Å². The second kappa shape index (κ2) is 4.18. The Balaban J connectivity index is 2.19. The molecular weight excluding hydrogens is 224 g/mol. The third-order valence-corrected chi connectivity index (χ3v) is 4.51. The van der Waals surface area contributed by atoms with Crippen LogP contribution in [0.5, 0.6) is 0 Å². The molecule has 16 heavy (non-hydrogen) atoms. The molecule has 1 aliphatic rings. The lowest BCUT2D eigenvalue weighted by atomic mass is 10.0. The average molecular weight is 240 g/mol. The third kappa shape index (κ3) is 2.62. The zero-order valence-electron chi connectivity index (χ0n) is 9.51. The van der Waals surface area contributed by atoms with Crippen LogP contribution in [0.25, 0.3) is 0 Å². The van der Waals surface area contributed by atoms with Gasteiger partial charge in [-0.05, 0) is 23.6 Å². The van der Waals surface area contributed by atoms with Crippen LogP contribution in [0.4, 0.5) is 0 Å². The minimum Gasteiger partial charge on any atom is -0.372 e. The maximum atomic E-state index is 11.9. The fourth-order valence-electron chi connectivity index (χ4n) is 1.57. The molecule has 0 radical (unpaired) electrons. The van der Waals surface area contributed by atoms with E-state index in [1.165, 1.54) is 0 Å². The van der Waals surface area contributed by atoms with Gasteiger partial charge in [0.1, 0.15) is 0 Å². The van der Waals surface area contributed by atoms with Gasteiger partial charge in [0.15, 0.2) is 9.84 Å². The summed E-state index contributed by atoms with van der Waals surface area (Å²) < 4.78 is 28.7. The highest BCUT2D eigenvalue weighted by Crippen LogP contribution is 2.21. The Morgan fingerprint density at radius 2 is 1.88 bits per heavy atom. The van der Waals surface area contributed by atoms with Gasteiger partial charge in [-0.2, -0.15) is 0 Å². The highest BCUT2D eigenvalue weighted by atomic mass is 32.2. The topological polar surface area (TPSA) is 46.7 Å². The predicted octanol–water partition coefficient (Wildman–Crippen LogP) is 1.98. The summed E-state index contributed by atoms with van der Waals surface area (Å²) in [6.45, 7) is 4.74. The smallest absolute Gasteiger partial charge is 0.181 e. The van der Waals surface area contributed by atoms with Crippen molar-refractivity contribution in [3.8, 4) is 0 Å². The maximum Gasteiger partial charge on any atom is 0.181 e. The number of hydrogen-bond acceptors (Lipinski definition) is 3. The van der Waals surface area contributed by atoms with E-state index in [9.17, 15) is 8.42 Å². The fourth-order valence-corrected chi connectivity index (χ4v) is 2.99. The number of sulfone groups is 1. The van der Waals surface area contributed by atoms with E-state index in [2.05, 4.69) is 13.8 Å². The summed E-state index contributed by atoms with van der Waals surface area (Å²) in [5, 5.41) is 0. The van der Waals surface area contributed by atoms with Crippen molar-refractivity contribution in [3.05, 3.63) is 29.8 Å². The maximum absolute atomic E-state index is 11.9. The van der Waals surface area contributed by atoms with E-state index in [0.29, 0.717) is 17.4 Å². The van der Waals surface area contributed by atoms with Gasteiger partial charge in [0.2, 0.25) is 0 Å². The van der Waals surface area contributed by atoms with Gasteiger partial charge < -0.3 is 4.74 Å². The summed E-state index contributed by atoms with van der Waals surface area (Å²) in [4.78, 5) is 0.396. The number of hydrogen-bond donors (Lipinski definition) is 0. The Morgan fingerprint density at radius 1 is 1.31 bits per heavy atom. The lowest BCUT2D eigenvalue weighted by molar-refractivity contribution is 0.422. The van der Waals surface area contributed by atoms with Crippen LogP contribution >= 0.6 is 0 Å². The minimum atomic E-state index is -3.16. The van der Waals surface area contributed by atoms with Crippen molar-refractivity contribution in [1.82, 2.24) is 0 Å². The Bertz CT molecular complexity index is 456. The molecule has 1 fully saturated rings. The van der Waals surface area contributed by atoms with Crippen LogP contribution in [0.2, 0.25) is 0 Å². The molecule has 1 atom stereocenters. The monoisotopic (exact) mass is 240 g/mol. The van der Waals surface area contributed by atoms with E-state index in [-0.39, 0.29) is 11.9 Å². The first-order chi connectivity index (χ1) is 7.49. The molecule has 0 saturated carbocycles. The summed E-state index contributed by atoms with van der Waals surface area (Å²) in [6, 6.07) is 7.14. The van der Waals surface area contributed by atoms with Crippen LogP contribution in [0, 0.1) is 0 Å². The van der Waals surface area contributed by atoms with Gasteiger partial charge in [0.05, 0.1) is 23.4 Å². The van der Waals surface area contributed by atoms with Gasteiger partial charge in [0.25, 0.3) is 0 Å². The minimum absolute atomic E-state index is 0.0882. The molecule has 1 saturated heterocycles. The van der Waals surface area contributed by atoms with Crippen molar-refractivity contribution in [2.45, 2.75) is 30.8 Å². The Morgan fingerprint density at radius 3 is 2.31 bits per heavy atom. The van der Waals surface area contributed by atoms with Crippen molar-refractivity contribution in [3.63, 3.8) is 0 Å². The second-order valence-electron chi connectivity index (χ2n) is 4.46. The Hall–Kier alpha value is -0.870. The first-order valence-corrected chi connectivity index (χ1v) is 7.08. The van der Waals surface area contributed by atoms with Gasteiger partial charge in [-0.15, -0.1) is 0 Å². The second-order valence-corrected chi connectivity index (χ2v) is 6.49. The molecule has 0 amide bonds. The summed E-state index contributed by atoms with van der Waals surface area (Å²) in [5.41, 5.74) is 1.15. The molecule has 0 spiro atoms. The van der Waals surface area contributed by atoms with Crippen molar-refractivity contribution in [2.24, 2.45) is 0 Å². The van der Waals surface area contributed by atoms with Crippen LogP contribution in [0.1, 0.15) is 25.3 Å². The normalized spacial score (nSPS) is 20.1. The molecular formula is C12H16O3S. The van der Waals surface area contributed by atoms with Gasteiger partial charge in [-0.25, -0.2) is 8.42 Å². The molecule has 4 heteroatoms. The molecule has 88 valence electrons. The van der Waals surface area contributed by atoms with Gasteiger partial charge in [-0.1, -0.05) is 26.0 Å². The number of ether oxygens (including phenoxy) is 1. The molecule has 1 aromatic rings. The van der Waals surface area contributed by atoms with Gasteiger partial charge >= 0.3 is 0 Å². The summed E-state index contributed by atoms with van der Waals surface area (Å²) in [6.07, 6.45) is -0.0882. The molecule has 0 aromatic heterocycles. The number of benzene rings is 1. The van der Waals surface area contributed by atoms with Crippen LogP contribution < -0.4 is 0 Å². The standard InChI is InChI=1S/C12H16O3S/c1-9(2)10-3-5-12(6-4-10)16(13,14)8-11-7-15-11/h3-6,9,11H,7-8H2,1-2H3. The molecule has 0 bridgehead atoms. The predicted molar refractivity (Wildman–Crippen MR) is 62.3 cm³/mol.